The number of fused-ring (bicyclic) bond motifs is 1. The number of hydrogen-bond donors (Lipinski definition) is 1. The molecule has 0 radical (unpaired) electrons. The number of rotatable bonds is 1. The molecule has 0 saturated carbocycles. The van der Waals surface area contributed by atoms with Crippen molar-refractivity contribution in [2.24, 2.45) is 7.05 Å². The molecule has 0 spiro atoms. The van der Waals surface area contributed by atoms with Crippen molar-refractivity contribution in [3.63, 3.8) is 0 Å². The highest BCUT2D eigenvalue weighted by Crippen LogP contribution is 2.28. The van der Waals surface area contributed by atoms with Crippen LogP contribution in [-0.2, 0) is 19.9 Å². The molecule has 1 saturated heterocycles. The molecule has 76 valence electrons. The predicted molar refractivity (Wildman–Crippen MR) is 55.2 cm³/mol. The van der Waals surface area contributed by atoms with Gasteiger partial charge in [0.15, 0.2) is 0 Å². The van der Waals surface area contributed by atoms with Gasteiger partial charge in [-0.3, -0.25) is 0 Å². The molecule has 1 N–H and O–H groups in total. The summed E-state index contributed by atoms with van der Waals surface area (Å²) in [6.07, 6.45) is 6.26. The van der Waals surface area contributed by atoms with E-state index in [1.807, 2.05) is 0 Å². The Balaban J connectivity index is 1.98. The van der Waals surface area contributed by atoms with E-state index >= 15 is 0 Å². The lowest BCUT2D eigenvalue weighted by Gasteiger charge is -2.11. The molecule has 0 aromatic carbocycles. The zero-order chi connectivity index (χ0) is 9.54. The maximum absolute atomic E-state index is 4.77. The second kappa shape index (κ2) is 3.09. The average molecular weight is 191 g/mol. The van der Waals surface area contributed by atoms with E-state index in [-0.39, 0.29) is 0 Å². The van der Waals surface area contributed by atoms with E-state index in [0.29, 0.717) is 6.04 Å². The van der Waals surface area contributed by atoms with Crippen molar-refractivity contribution in [2.75, 3.05) is 6.54 Å². The van der Waals surface area contributed by atoms with Crippen LogP contribution in [0.5, 0.6) is 0 Å². The van der Waals surface area contributed by atoms with Crippen LogP contribution < -0.4 is 5.32 Å². The predicted octanol–water partition coefficient (Wildman–Crippen LogP) is 1.33. The Morgan fingerprint density at radius 2 is 2.29 bits per heavy atom. The molecular formula is C11H17N3. The maximum Gasteiger partial charge on any atom is 0.126 e. The van der Waals surface area contributed by atoms with Crippen LogP contribution in [0.2, 0.25) is 0 Å². The van der Waals surface area contributed by atoms with Crippen LogP contribution in [-0.4, -0.2) is 16.1 Å². The first-order valence-electron chi connectivity index (χ1n) is 5.64. The first kappa shape index (κ1) is 8.48. The van der Waals surface area contributed by atoms with Gasteiger partial charge >= 0.3 is 0 Å². The number of nitrogens with one attached hydrogen (secondary N) is 1. The molecule has 2 aliphatic rings. The molecule has 0 amide bonds. The molecule has 3 heteroatoms. The zero-order valence-corrected chi connectivity index (χ0v) is 8.71. The summed E-state index contributed by atoms with van der Waals surface area (Å²) in [4.78, 5) is 4.77. The molecule has 2 heterocycles. The van der Waals surface area contributed by atoms with E-state index in [1.165, 1.54) is 49.3 Å². The molecule has 0 bridgehead atoms. The van der Waals surface area contributed by atoms with Gasteiger partial charge in [0.25, 0.3) is 0 Å². The van der Waals surface area contributed by atoms with Gasteiger partial charge in [-0.15, -0.1) is 0 Å². The van der Waals surface area contributed by atoms with Gasteiger partial charge in [0.1, 0.15) is 5.82 Å². The van der Waals surface area contributed by atoms with Gasteiger partial charge < -0.3 is 9.88 Å². The van der Waals surface area contributed by atoms with Gasteiger partial charge in [-0.05, 0) is 38.6 Å². The van der Waals surface area contributed by atoms with E-state index in [9.17, 15) is 0 Å². The monoisotopic (exact) mass is 191 g/mol. The third kappa shape index (κ3) is 1.12. The minimum absolute atomic E-state index is 0.519. The first-order valence-corrected chi connectivity index (χ1v) is 5.64. The van der Waals surface area contributed by atoms with E-state index < -0.39 is 0 Å². The Hall–Kier alpha value is -0.830. The Labute approximate surface area is 84.5 Å². The minimum atomic E-state index is 0.519. The summed E-state index contributed by atoms with van der Waals surface area (Å²) < 4.78 is 2.32. The van der Waals surface area contributed by atoms with Crippen LogP contribution >= 0.6 is 0 Å². The largest absolute Gasteiger partial charge is 0.334 e. The van der Waals surface area contributed by atoms with Crippen LogP contribution in [0, 0.1) is 0 Å². The first-order chi connectivity index (χ1) is 6.86. The molecule has 1 aromatic rings. The standard InChI is InChI=1S/C11H17N3/c1-14-10-6-2-4-8(10)13-11(14)9-5-3-7-12-9/h9,12H,2-7H2,1H3. The third-order valence-corrected chi connectivity index (χ3v) is 3.53. The summed E-state index contributed by atoms with van der Waals surface area (Å²) >= 11 is 0. The average Bonchev–Trinajstić information content (AvgIpc) is 2.84. The SMILES string of the molecule is Cn1c(C2CCCN2)nc2c1CCC2. The summed E-state index contributed by atoms with van der Waals surface area (Å²) in [5, 5.41) is 3.52. The van der Waals surface area contributed by atoms with Gasteiger partial charge in [-0.2, -0.15) is 0 Å². The Kier molecular flexibility index (Phi) is 1.87. The zero-order valence-electron chi connectivity index (χ0n) is 8.71. The highest BCUT2D eigenvalue weighted by Gasteiger charge is 2.25. The van der Waals surface area contributed by atoms with E-state index in [0.717, 1.165) is 6.54 Å². The normalized spacial score (nSPS) is 25.6. The molecular weight excluding hydrogens is 174 g/mol. The maximum atomic E-state index is 4.77. The fourth-order valence-electron chi connectivity index (χ4n) is 2.76. The highest BCUT2D eigenvalue weighted by atomic mass is 15.1. The van der Waals surface area contributed by atoms with Crippen LogP contribution in [0.4, 0.5) is 0 Å². The molecule has 1 aliphatic carbocycles. The summed E-state index contributed by atoms with van der Waals surface area (Å²) in [6.45, 7) is 1.15. The second-order valence-corrected chi connectivity index (χ2v) is 4.42. The Morgan fingerprint density at radius 3 is 3.00 bits per heavy atom. The lowest BCUT2D eigenvalue weighted by molar-refractivity contribution is 0.569. The van der Waals surface area contributed by atoms with Crippen molar-refractivity contribution in [1.82, 2.24) is 14.9 Å². The number of nitrogens with zero attached hydrogens (tertiary/aromatic N) is 2. The van der Waals surface area contributed by atoms with Crippen LogP contribution in [0.25, 0.3) is 0 Å². The van der Waals surface area contributed by atoms with Crippen molar-refractivity contribution in [1.29, 1.82) is 0 Å². The second-order valence-electron chi connectivity index (χ2n) is 4.42. The van der Waals surface area contributed by atoms with Crippen molar-refractivity contribution in [3.8, 4) is 0 Å². The lowest BCUT2D eigenvalue weighted by Crippen LogP contribution is -2.17. The fraction of sp³-hybridized carbons (Fsp3) is 0.727. The van der Waals surface area contributed by atoms with Crippen molar-refractivity contribution >= 4 is 0 Å². The van der Waals surface area contributed by atoms with Gasteiger partial charge in [0, 0.05) is 12.7 Å². The summed E-state index contributed by atoms with van der Waals surface area (Å²) in [5.74, 6) is 1.27. The summed E-state index contributed by atoms with van der Waals surface area (Å²) in [6, 6.07) is 0.519. The molecule has 14 heavy (non-hydrogen) atoms. The molecule has 3 nitrogen and oxygen atoms in total. The quantitative estimate of drug-likeness (QED) is 0.726. The molecule has 1 atom stereocenters. The summed E-state index contributed by atoms with van der Waals surface area (Å²) in [5.41, 5.74) is 2.84. The van der Waals surface area contributed by atoms with E-state index in [2.05, 4.69) is 16.9 Å². The van der Waals surface area contributed by atoms with Crippen LogP contribution in [0.15, 0.2) is 0 Å². The Bertz CT molecular complexity index is 348. The highest BCUT2D eigenvalue weighted by molar-refractivity contribution is 5.23. The molecule has 1 unspecified atom stereocenters. The van der Waals surface area contributed by atoms with Gasteiger partial charge in [-0.25, -0.2) is 4.98 Å². The fourth-order valence-corrected chi connectivity index (χ4v) is 2.76. The molecule has 1 aromatic heterocycles. The smallest absolute Gasteiger partial charge is 0.126 e. The number of aromatic nitrogens is 2. The van der Waals surface area contributed by atoms with E-state index in [1.54, 1.807) is 0 Å². The topological polar surface area (TPSA) is 29.9 Å². The lowest BCUT2D eigenvalue weighted by atomic mass is 10.2. The minimum Gasteiger partial charge on any atom is -0.334 e. The van der Waals surface area contributed by atoms with Crippen molar-refractivity contribution in [2.45, 2.75) is 38.1 Å². The van der Waals surface area contributed by atoms with Gasteiger partial charge in [0.2, 0.25) is 0 Å². The van der Waals surface area contributed by atoms with Crippen LogP contribution in [0.1, 0.15) is 42.5 Å². The van der Waals surface area contributed by atoms with Gasteiger partial charge in [0.05, 0.1) is 11.7 Å². The summed E-state index contributed by atoms with van der Waals surface area (Å²) in [7, 11) is 2.17. The van der Waals surface area contributed by atoms with Crippen molar-refractivity contribution in [3.05, 3.63) is 17.2 Å². The molecule has 1 aliphatic heterocycles. The van der Waals surface area contributed by atoms with Crippen LogP contribution in [0.3, 0.4) is 0 Å². The number of imidazole rings is 1. The number of hydrogen-bond acceptors (Lipinski definition) is 2. The molecule has 1 fully saturated rings. The molecule has 3 rings (SSSR count). The van der Waals surface area contributed by atoms with Gasteiger partial charge in [-0.1, -0.05) is 0 Å². The van der Waals surface area contributed by atoms with Crippen molar-refractivity contribution < 1.29 is 0 Å². The Morgan fingerprint density at radius 1 is 1.36 bits per heavy atom. The third-order valence-electron chi connectivity index (χ3n) is 3.53. The van der Waals surface area contributed by atoms with E-state index in [4.69, 9.17) is 4.98 Å². The number of aryl methyl sites for hydroxylation is 1.